The molecule has 6 nitrogen and oxygen atoms in total. The molecule has 0 fully saturated rings. The van der Waals surface area contributed by atoms with Crippen LogP contribution in [0.15, 0.2) is 29.4 Å². The van der Waals surface area contributed by atoms with Crippen LogP contribution in [0.2, 0.25) is 0 Å². The van der Waals surface area contributed by atoms with Gasteiger partial charge in [0.15, 0.2) is 5.71 Å². The number of benzene rings is 1. The Morgan fingerprint density at radius 1 is 1.26 bits per heavy atom. The summed E-state index contributed by atoms with van der Waals surface area (Å²) in [5.74, 6) is -0.652. The first-order valence-electron chi connectivity index (χ1n) is 5.72. The van der Waals surface area contributed by atoms with E-state index in [2.05, 4.69) is 5.16 Å². The minimum atomic E-state index is -0.658. The fraction of sp³-hybridized carbons (Fsp3) is 0.308. The van der Waals surface area contributed by atoms with Crippen molar-refractivity contribution < 1.29 is 24.3 Å². The van der Waals surface area contributed by atoms with Crippen molar-refractivity contribution in [2.24, 2.45) is 5.16 Å². The molecule has 0 saturated carbocycles. The van der Waals surface area contributed by atoms with Crippen molar-refractivity contribution in [3.8, 4) is 5.75 Å². The number of carbonyl (C=O) groups is 2. The third kappa shape index (κ3) is 4.79. The zero-order valence-electron chi connectivity index (χ0n) is 10.8. The highest BCUT2D eigenvalue weighted by molar-refractivity contribution is 6.36. The largest absolute Gasteiger partial charge is 0.461 e. The van der Waals surface area contributed by atoms with Gasteiger partial charge in [-0.2, -0.15) is 0 Å². The predicted octanol–water partition coefficient (Wildman–Crippen LogP) is 1.55. The lowest BCUT2D eigenvalue weighted by atomic mass is 10.1. The lowest BCUT2D eigenvalue weighted by Gasteiger charge is -2.05. The van der Waals surface area contributed by atoms with Crippen LogP contribution >= 0.6 is 0 Å². The molecule has 0 atom stereocenters. The van der Waals surface area contributed by atoms with Gasteiger partial charge in [0.05, 0.1) is 6.61 Å². The fourth-order valence-corrected chi connectivity index (χ4v) is 1.40. The Morgan fingerprint density at radius 3 is 2.37 bits per heavy atom. The van der Waals surface area contributed by atoms with Gasteiger partial charge in [-0.25, -0.2) is 4.79 Å². The Hall–Kier alpha value is -2.37. The van der Waals surface area contributed by atoms with Crippen LogP contribution in [0.3, 0.4) is 0 Å². The first kappa shape index (κ1) is 14.7. The number of ether oxygens (including phenoxy) is 2. The first-order valence-corrected chi connectivity index (χ1v) is 5.72. The zero-order chi connectivity index (χ0) is 14.3. The molecule has 0 unspecified atom stereocenters. The summed E-state index contributed by atoms with van der Waals surface area (Å²) in [6.07, 6.45) is 0.135. The summed E-state index contributed by atoms with van der Waals surface area (Å²) >= 11 is 0. The second-order valence-electron chi connectivity index (χ2n) is 3.68. The van der Waals surface area contributed by atoms with Gasteiger partial charge in [-0.3, -0.25) is 4.79 Å². The molecule has 0 aliphatic rings. The summed E-state index contributed by atoms with van der Waals surface area (Å²) in [6, 6.07) is 6.53. The third-order valence-corrected chi connectivity index (χ3v) is 2.19. The van der Waals surface area contributed by atoms with E-state index in [1.165, 1.54) is 6.92 Å². The van der Waals surface area contributed by atoms with E-state index in [0.717, 1.165) is 5.56 Å². The maximum absolute atomic E-state index is 11.4. The Balaban J connectivity index is 2.71. The van der Waals surface area contributed by atoms with E-state index in [1.54, 1.807) is 31.2 Å². The van der Waals surface area contributed by atoms with Crippen LogP contribution in [0.5, 0.6) is 5.75 Å². The highest BCUT2D eigenvalue weighted by Crippen LogP contribution is 2.13. The summed E-state index contributed by atoms with van der Waals surface area (Å²) in [4.78, 5) is 22.2. The van der Waals surface area contributed by atoms with Crippen molar-refractivity contribution in [1.82, 2.24) is 0 Å². The number of carbonyl (C=O) groups excluding carboxylic acids is 2. The Kier molecular flexibility index (Phi) is 5.53. The van der Waals surface area contributed by atoms with Crippen LogP contribution < -0.4 is 4.74 Å². The molecule has 0 aromatic heterocycles. The van der Waals surface area contributed by atoms with E-state index >= 15 is 0 Å². The van der Waals surface area contributed by atoms with E-state index in [-0.39, 0.29) is 18.7 Å². The molecule has 0 amide bonds. The number of oxime groups is 1. The van der Waals surface area contributed by atoms with Gasteiger partial charge in [0.2, 0.25) is 0 Å². The molecule has 1 aromatic rings. The summed E-state index contributed by atoms with van der Waals surface area (Å²) in [5, 5.41) is 11.7. The number of nitrogens with zero attached hydrogens (tertiary/aromatic N) is 1. The van der Waals surface area contributed by atoms with Crippen molar-refractivity contribution in [3.05, 3.63) is 29.8 Å². The number of rotatable bonds is 5. The van der Waals surface area contributed by atoms with Gasteiger partial charge in [0, 0.05) is 13.3 Å². The van der Waals surface area contributed by atoms with Crippen LogP contribution in [0.25, 0.3) is 0 Å². The predicted molar refractivity (Wildman–Crippen MR) is 67.3 cm³/mol. The summed E-state index contributed by atoms with van der Waals surface area (Å²) < 4.78 is 9.62. The average molecular weight is 265 g/mol. The van der Waals surface area contributed by atoms with Crippen LogP contribution in [-0.2, 0) is 20.7 Å². The second-order valence-corrected chi connectivity index (χ2v) is 3.68. The van der Waals surface area contributed by atoms with Gasteiger partial charge in [-0.05, 0) is 24.6 Å². The second kappa shape index (κ2) is 7.15. The van der Waals surface area contributed by atoms with Crippen molar-refractivity contribution in [1.29, 1.82) is 0 Å². The lowest BCUT2D eigenvalue weighted by Crippen LogP contribution is -2.20. The molecule has 0 spiro atoms. The molecule has 0 aliphatic carbocycles. The van der Waals surface area contributed by atoms with E-state index < -0.39 is 11.9 Å². The Labute approximate surface area is 110 Å². The number of hydrogen-bond donors (Lipinski definition) is 1. The molecule has 6 heteroatoms. The van der Waals surface area contributed by atoms with Crippen molar-refractivity contribution >= 4 is 17.7 Å². The molecule has 0 aliphatic heterocycles. The maximum atomic E-state index is 11.4. The number of hydrogen-bond acceptors (Lipinski definition) is 6. The van der Waals surface area contributed by atoms with Gasteiger partial charge in [-0.15, -0.1) is 0 Å². The molecule has 102 valence electrons. The van der Waals surface area contributed by atoms with Crippen molar-refractivity contribution in [2.45, 2.75) is 20.3 Å². The van der Waals surface area contributed by atoms with E-state index in [9.17, 15) is 9.59 Å². The third-order valence-electron chi connectivity index (χ3n) is 2.19. The average Bonchev–Trinajstić information content (AvgIpc) is 2.37. The number of esters is 2. The molecule has 1 aromatic carbocycles. The summed E-state index contributed by atoms with van der Waals surface area (Å²) in [7, 11) is 0. The van der Waals surface area contributed by atoms with Crippen LogP contribution in [0.4, 0.5) is 0 Å². The van der Waals surface area contributed by atoms with Gasteiger partial charge in [-0.1, -0.05) is 17.3 Å². The normalized spacial score (nSPS) is 10.9. The molecule has 0 radical (unpaired) electrons. The standard InChI is InChI=1S/C13H15NO5/c1-3-18-13(16)12(14-17)8-10-4-6-11(7-5-10)19-9(2)15/h4-7,17H,3,8H2,1-2H3/b14-12-. The van der Waals surface area contributed by atoms with Crippen LogP contribution in [0.1, 0.15) is 19.4 Å². The van der Waals surface area contributed by atoms with E-state index in [1.807, 2.05) is 0 Å². The van der Waals surface area contributed by atoms with Gasteiger partial charge < -0.3 is 14.7 Å². The van der Waals surface area contributed by atoms with Crippen LogP contribution in [0, 0.1) is 0 Å². The smallest absolute Gasteiger partial charge is 0.356 e. The van der Waals surface area contributed by atoms with Crippen molar-refractivity contribution in [2.75, 3.05) is 6.61 Å². The quantitative estimate of drug-likeness (QED) is 0.287. The first-order chi connectivity index (χ1) is 9.06. The zero-order valence-corrected chi connectivity index (χ0v) is 10.8. The highest BCUT2D eigenvalue weighted by Gasteiger charge is 2.14. The molecule has 1 rings (SSSR count). The summed E-state index contributed by atoms with van der Waals surface area (Å²) in [6.45, 7) is 3.19. The molecular weight excluding hydrogens is 250 g/mol. The van der Waals surface area contributed by atoms with Gasteiger partial charge >= 0.3 is 11.9 Å². The van der Waals surface area contributed by atoms with E-state index in [4.69, 9.17) is 14.7 Å². The molecule has 0 heterocycles. The molecule has 0 bridgehead atoms. The summed E-state index contributed by atoms with van der Waals surface area (Å²) in [5.41, 5.74) is 0.652. The van der Waals surface area contributed by atoms with Crippen molar-refractivity contribution in [3.63, 3.8) is 0 Å². The molecule has 19 heavy (non-hydrogen) atoms. The highest BCUT2D eigenvalue weighted by atomic mass is 16.5. The van der Waals surface area contributed by atoms with Gasteiger partial charge in [0.25, 0.3) is 0 Å². The SMILES string of the molecule is CCOC(=O)/C(Cc1ccc(OC(C)=O)cc1)=N\O. The lowest BCUT2D eigenvalue weighted by molar-refractivity contribution is -0.135. The Bertz CT molecular complexity index is 478. The van der Waals surface area contributed by atoms with E-state index in [0.29, 0.717) is 5.75 Å². The molecule has 0 saturated heterocycles. The maximum Gasteiger partial charge on any atom is 0.356 e. The monoisotopic (exact) mass is 265 g/mol. The molecule has 1 N–H and O–H groups in total. The Morgan fingerprint density at radius 2 is 1.89 bits per heavy atom. The molecular formula is C13H15NO5. The fourth-order valence-electron chi connectivity index (χ4n) is 1.40. The van der Waals surface area contributed by atoms with Gasteiger partial charge in [0.1, 0.15) is 5.75 Å². The minimum Gasteiger partial charge on any atom is -0.461 e. The minimum absolute atomic E-state index is 0.0814. The topological polar surface area (TPSA) is 85.2 Å². The van der Waals surface area contributed by atoms with Crippen LogP contribution in [-0.4, -0.2) is 29.5 Å².